The van der Waals surface area contributed by atoms with Crippen molar-refractivity contribution in [1.29, 1.82) is 0 Å². The minimum Gasteiger partial charge on any atom is -0.439 e. The Kier molecular flexibility index (Phi) is 26.4. The van der Waals surface area contributed by atoms with Crippen LogP contribution in [0.2, 0.25) is 5.02 Å². The second-order valence-electron chi connectivity index (χ2n) is 17.3. The number of ether oxygens (including phenoxy) is 4. The number of urea groups is 1. The third kappa shape index (κ3) is 23.3. The number of amides is 6. The van der Waals surface area contributed by atoms with Gasteiger partial charge in [-0.2, -0.15) is 11.8 Å². The fourth-order valence-corrected chi connectivity index (χ4v) is 9.31. The van der Waals surface area contributed by atoms with Gasteiger partial charge in [-0.25, -0.2) is 19.2 Å². The highest BCUT2D eigenvalue weighted by atomic mass is 35.5. The SMILES string of the molecule is CN(C/C=C/C(=O)Nc1cccc(Nc2cc(Oc3ccc(F)c(Cl)c3)ncn2)c1)CCCCNC(=O)CCCC(=O)NCCCOCCOCCOCCCNC(=O)CCCC[C@@H]1SC[C@@H]2NC(=O)N[C@@H]21. The molecule has 2 aliphatic rings. The first-order chi connectivity index (χ1) is 35.0. The molecule has 0 spiro atoms. The number of anilines is 3. The Morgan fingerprint density at radius 2 is 1.46 bits per heavy atom. The number of likely N-dealkylation sites (N-methyl/N-ethyl adjacent to an activating group) is 1. The molecule has 394 valence electrons. The monoisotopic (exact) mass is 1040 g/mol. The predicted octanol–water partition coefficient (Wildman–Crippen LogP) is 6.09. The highest BCUT2D eigenvalue weighted by molar-refractivity contribution is 8.00. The molecule has 3 heterocycles. The first-order valence-corrected chi connectivity index (χ1v) is 26.1. The quantitative estimate of drug-likeness (QED) is 0.0199. The number of hydrogen-bond acceptors (Lipinski definition) is 14. The molecule has 0 saturated carbocycles. The molecule has 22 heteroatoms. The summed E-state index contributed by atoms with van der Waals surface area (Å²) in [6.07, 6.45) is 12.0. The van der Waals surface area contributed by atoms with Crippen LogP contribution < -0.4 is 42.0 Å². The number of carbonyl (C=O) groups is 5. The first-order valence-electron chi connectivity index (χ1n) is 24.7. The third-order valence-corrected chi connectivity index (χ3v) is 13.1. The zero-order valence-corrected chi connectivity index (χ0v) is 42.6. The lowest BCUT2D eigenvalue weighted by Crippen LogP contribution is -2.36. The first kappa shape index (κ1) is 57.3. The maximum absolute atomic E-state index is 13.5. The zero-order valence-electron chi connectivity index (χ0n) is 41.0. The van der Waals surface area contributed by atoms with Gasteiger partial charge in [-0.05, 0) is 88.9 Å². The van der Waals surface area contributed by atoms with E-state index in [1.807, 2.05) is 24.9 Å². The molecule has 2 saturated heterocycles. The van der Waals surface area contributed by atoms with Crippen molar-refractivity contribution >= 4 is 70.2 Å². The number of hydrogen-bond donors (Lipinski definition) is 7. The number of rotatable bonds is 36. The highest BCUT2D eigenvalue weighted by Crippen LogP contribution is 2.33. The van der Waals surface area contributed by atoms with Gasteiger partial charge in [-0.15, -0.1) is 0 Å². The fraction of sp³-hybridized carbons (Fsp3) is 0.540. The molecule has 0 radical (unpaired) electrons. The average molecular weight is 1040 g/mol. The molecule has 0 aliphatic carbocycles. The van der Waals surface area contributed by atoms with Gasteiger partial charge in [0.1, 0.15) is 23.7 Å². The Labute approximate surface area is 430 Å². The maximum Gasteiger partial charge on any atom is 0.315 e. The van der Waals surface area contributed by atoms with Crippen molar-refractivity contribution < 1.29 is 47.3 Å². The second-order valence-corrected chi connectivity index (χ2v) is 19.0. The largest absolute Gasteiger partial charge is 0.439 e. The average Bonchev–Trinajstić information content (AvgIpc) is 3.91. The normalized spacial score (nSPS) is 16.0. The summed E-state index contributed by atoms with van der Waals surface area (Å²) in [5.74, 6) is 1.01. The van der Waals surface area contributed by atoms with Gasteiger partial charge in [0.2, 0.25) is 29.5 Å². The Balaban J connectivity index is 0.752. The minimum atomic E-state index is -0.551. The van der Waals surface area contributed by atoms with Crippen molar-refractivity contribution in [3.05, 3.63) is 77.9 Å². The number of fused-ring (bicyclic) bond motifs is 1. The summed E-state index contributed by atoms with van der Waals surface area (Å²) in [4.78, 5) is 71.1. The predicted molar refractivity (Wildman–Crippen MR) is 276 cm³/mol. The van der Waals surface area contributed by atoms with E-state index in [1.54, 1.807) is 30.3 Å². The molecule has 2 aromatic carbocycles. The lowest BCUT2D eigenvalue weighted by Gasteiger charge is -2.16. The molecule has 0 bridgehead atoms. The van der Waals surface area contributed by atoms with Gasteiger partial charge in [0, 0.05) is 99.2 Å². The molecule has 3 aromatic rings. The Bertz CT molecular complexity index is 2200. The zero-order chi connectivity index (χ0) is 51.2. The van der Waals surface area contributed by atoms with Crippen LogP contribution in [-0.2, 0) is 33.4 Å². The summed E-state index contributed by atoms with van der Waals surface area (Å²) in [5.41, 5.74) is 1.25. The molecule has 0 unspecified atom stereocenters. The van der Waals surface area contributed by atoms with Crippen LogP contribution in [0.5, 0.6) is 11.6 Å². The Morgan fingerprint density at radius 3 is 2.17 bits per heavy atom. The van der Waals surface area contributed by atoms with E-state index >= 15 is 0 Å². The lowest BCUT2D eigenvalue weighted by molar-refractivity contribution is -0.123. The van der Waals surface area contributed by atoms with Crippen LogP contribution in [-0.4, -0.2) is 147 Å². The van der Waals surface area contributed by atoms with E-state index in [-0.39, 0.29) is 65.5 Å². The number of nitrogens with zero attached hydrogens (tertiary/aromatic N) is 3. The minimum absolute atomic E-state index is 0.0596. The standard InChI is InChI=1S/C50H70ClFN10O9S/c1-62(24-8-17-47(66)59-37-12-6-11-36(31-37)58-43-33-48(57-35-56-43)71-38-18-19-40(52)39(51)32-38)23-5-4-20-53-45(64)15-7-16-46(65)55-22-10-26-69-28-30-70-29-27-68-25-9-21-54-44(63)14-3-2-13-42-49-41(34-72-42)60-50(67)61-49/h6,8,11-12,17-19,31-33,35,41-42,49H,2-5,7,9-10,13-16,20-30,34H2,1H3,(H,53,64)(H,54,63)(H,55,65)(H,59,66)(H,56,57,58)(H2,60,61,67)/b17-8+/t41-,42-,49-/m0/s1. The van der Waals surface area contributed by atoms with Gasteiger partial charge in [0.25, 0.3) is 0 Å². The topological polar surface area (TPSA) is 235 Å². The third-order valence-electron chi connectivity index (χ3n) is 11.3. The Hall–Kier alpha value is -5.58. The van der Waals surface area contributed by atoms with Crippen LogP contribution in [0.3, 0.4) is 0 Å². The van der Waals surface area contributed by atoms with Crippen LogP contribution in [0.25, 0.3) is 0 Å². The van der Waals surface area contributed by atoms with Crippen molar-refractivity contribution in [3.8, 4) is 11.6 Å². The summed E-state index contributed by atoms with van der Waals surface area (Å²) < 4.78 is 35.9. The van der Waals surface area contributed by atoms with Crippen LogP contribution in [0.1, 0.15) is 70.6 Å². The number of carbonyl (C=O) groups excluding carboxylic acids is 5. The molecule has 19 nitrogen and oxygen atoms in total. The van der Waals surface area contributed by atoms with Gasteiger partial charge in [0.15, 0.2) is 0 Å². The summed E-state index contributed by atoms with van der Waals surface area (Å²) in [6.45, 7) is 5.85. The summed E-state index contributed by atoms with van der Waals surface area (Å²) in [5, 5.41) is 21.1. The molecule has 1 aromatic heterocycles. The number of aromatic nitrogens is 2. The van der Waals surface area contributed by atoms with Crippen molar-refractivity contribution in [2.45, 2.75) is 88.0 Å². The van der Waals surface area contributed by atoms with Gasteiger partial charge in [0.05, 0.1) is 43.5 Å². The lowest BCUT2D eigenvalue weighted by atomic mass is 10.0. The van der Waals surface area contributed by atoms with Crippen LogP contribution in [0, 0.1) is 5.82 Å². The smallest absolute Gasteiger partial charge is 0.315 e. The molecule has 5 rings (SSSR count). The van der Waals surface area contributed by atoms with E-state index in [4.69, 9.17) is 30.5 Å². The number of halogens is 2. The molecular formula is C50H70ClFN10O9S. The molecule has 2 fully saturated rings. The molecule has 72 heavy (non-hydrogen) atoms. The molecule has 6 amide bonds. The van der Waals surface area contributed by atoms with Gasteiger partial charge in [-0.3, -0.25) is 19.2 Å². The summed E-state index contributed by atoms with van der Waals surface area (Å²) in [7, 11) is 1.96. The van der Waals surface area contributed by atoms with Crippen molar-refractivity contribution in [3.63, 3.8) is 0 Å². The van der Waals surface area contributed by atoms with Crippen molar-refractivity contribution in [1.82, 2.24) is 41.5 Å². The van der Waals surface area contributed by atoms with Gasteiger partial charge in [-0.1, -0.05) is 30.2 Å². The summed E-state index contributed by atoms with van der Waals surface area (Å²) >= 11 is 7.74. The van der Waals surface area contributed by atoms with E-state index in [0.29, 0.717) is 113 Å². The van der Waals surface area contributed by atoms with Gasteiger partial charge >= 0.3 is 6.03 Å². The van der Waals surface area contributed by atoms with E-state index < -0.39 is 5.82 Å². The Morgan fingerprint density at radius 1 is 0.792 bits per heavy atom. The summed E-state index contributed by atoms with van der Waals surface area (Å²) in [6, 6.07) is 13.1. The molecule has 3 atom stereocenters. The highest BCUT2D eigenvalue weighted by Gasteiger charge is 2.42. The molecule has 7 N–H and O–H groups in total. The van der Waals surface area contributed by atoms with Crippen LogP contribution in [0.4, 0.5) is 26.4 Å². The number of nitrogens with one attached hydrogen (secondary N) is 7. The number of benzene rings is 2. The van der Waals surface area contributed by atoms with E-state index in [0.717, 1.165) is 50.8 Å². The van der Waals surface area contributed by atoms with Crippen molar-refractivity contribution in [2.24, 2.45) is 0 Å². The number of unbranched alkanes of at least 4 members (excludes halogenated alkanes) is 2. The van der Waals surface area contributed by atoms with Crippen LogP contribution >= 0.6 is 23.4 Å². The van der Waals surface area contributed by atoms with Crippen molar-refractivity contribution in [2.75, 3.05) is 95.8 Å². The molecule has 2 aliphatic heterocycles. The van der Waals surface area contributed by atoms with Crippen LogP contribution in [0.15, 0.2) is 67.0 Å². The maximum atomic E-state index is 13.5. The van der Waals surface area contributed by atoms with E-state index in [1.165, 1.54) is 30.6 Å². The number of thioether (sulfide) groups is 1. The van der Waals surface area contributed by atoms with E-state index in [2.05, 4.69) is 52.1 Å². The van der Waals surface area contributed by atoms with E-state index in [9.17, 15) is 28.4 Å². The molecular weight excluding hydrogens is 971 g/mol. The second kappa shape index (κ2) is 33.2. The van der Waals surface area contributed by atoms with Gasteiger partial charge < -0.3 is 61.1 Å². The fourth-order valence-electron chi connectivity index (χ4n) is 7.59.